The predicted molar refractivity (Wildman–Crippen MR) is 76.3 cm³/mol. The van der Waals surface area contributed by atoms with Crippen LogP contribution in [0.1, 0.15) is 49.6 Å². The lowest BCUT2D eigenvalue weighted by Crippen LogP contribution is -2.24. The van der Waals surface area contributed by atoms with Gasteiger partial charge in [0.25, 0.3) is 0 Å². The Kier molecular flexibility index (Phi) is 4.87. The van der Waals surface area contributed by atoms with Crippen molar-refractivity contribution in [3.05, 3.63) is 47.6 Å². The Balaban J connectivity index is 2.27. The molecule has 5 nitrogen and oxygen atoms in total. The number of rotatable bonds is 6. The van der Waals surface area contributed by atoms with E-state index in [2.05, 4.69) is 17.1 Å². The second kappa shape index (κ2) is 6.63. The Hall–Kier alpha value is -1.72. The summed E-state index contributed by atoms with van der Waals surface area (Å²) in [6.07, 6.45) is 0.543. The van der Waals surface area contributed by atoms with Gasteiger partial charge >= 0.3 is 0 Å². The monoisotopic (exact) mass is 275 g/mol. The molecule has 1 aromatic carbocycles. The number of benzene rings is 1. The van der Waals surface area contributed by atoms with Crippen molar-refractivity contribution in [2.45, 2.75) is 38.3 Å². The highest BCUT2D eigenvalue weighted by molar-refractivity contribution is 5.22. The van der Waals surface area contributed by atoms with Gasteiger partial charge in [-0.25, -0.2) is 0 Å². The van der Waals surface area contributed by atoms with Crippen LogP contribution in [0.5, 0.6) is 0 Å². The third-order valence-corrected chi connectivity index (χ3v) is 3.42. The van der Waals surface area contributed by atoms with Crippen LogP contribution in [0.3, 0.4) is 0 Å². The number of methoxy groups -OCH3 is 1. The number of hydrogen-bond donors (Lipinski definition) is 1. The van der Waals surface area contributed by atoms with E-state index in [1.54, 1.807) is 7.11 Å². The molecule has 0 aliphatic heterocycles. The van der Waals surface area contributed by atoms with Crippen molar-refractivity contribution >= 4 is 0 Å². The third-order valence-electron chi connectivity index (χ3n) is 3.42. The van der Waals surface area contributed by atoms with Gasteiger partial charge in [0.05, 0.1) is 5.92 Å². The van der Waals surface area contributed by atoms with Gasteiger partial charge in [0.1, 0.15) is 6.10 Å². The maximum atomic E-state index is 5.95. The predicted octanol–water partition coefficient (Wildman–Crippen LogP) is 2.65. The highest BCUT2D eigenvalue weighted by Crippen LogP contribution is 2.26. The molecule has 0 saturated carbocycles. The van der Waals surface area contributed by atoms with Gasteiger partial charge in [-0.3, -0.25) is 0 Å². The summed E-state index contributed by atoms with van der Waals surface area (Å²) in [7, 11) is 1.64. The lowest BCUT2D eigenvalue weighted by molar-refractivity contribution is 0.126. The second-order valence-electron chi connectivity index (χ2n) is 4.89. The fourth-order valence-corrected chi connectivity index (χ4v) is 2.29. The largest absolute Gasteiger partial charge is 0.369 e. The van der Waals surface area contributed by atoms with Crippen LogP contribution in [-0.2, 0) is 4.74 Å². The minimum absolute atomic E-state index is 0.0222. The van der Waals surface area contributed by atoms with E-state index in [0.29, 0.717) is 11.7 Å². The van der Waals surface area contributed by atoms with E-state index >= 15 is 0 Å². The quantitative estimate of drug-likeness (QED) is 0.877. The molecule has 20 heavy (non-hydrogen) atoms. The maximum absolute atomic E-state index is 5.95. The minimum atomic E-state index is -0.320. The van der Waals surface area contributed by atoms with Gasteiger partial charge in [0, 0.05) is 13.2 Å². The molecule has 0 bridgehead atoms. The van der Waals surface area contributed by atoms with E-state index in [0.717, 1.165) is 12.0 Å². The number of ether oxygens (including phenoxy) is 1. The first-order valence-corrected chi connectivity index (χ1v) is 6.84. The fraction of sp³-hybridized carbons (Fsp3) is 0.467. The van der Waals surface area contributed by atoms with Crippen molar-refractivity contribution in [3.63, 3.8) is 0 Å². The normalized spacial score (nSPS) is 15.8. The van der Waals surface area contributed by atoms with E-state index in [1.807, 2.05) is 37.3 Å². The zero-order valence-electron chi connectivity index (χ0n) is 12.1. The lowest BCUT2D eigenvalue weighted by atomic mass is 9.99. The standard InChI is InChI=1S/C15H21N3O2/c1-4-12(10(2)16)15-17-14(18-20-15)13(19-3)11-8-6-5-7-9-11/h5-10,12-13H,4,16H2,1-3H3. The molecule has 0 aliphatic carbocycles. The van der Waals surface area contributed by atoms with Gasteiger partial charge in [0.15, 0.2) is 0 Å². The first-order chi connectivity index (χ1) is 9.67. The Morgan fingerprint density at radius 1 is 1.30 bits per heavy atom. The molecule has 0 aliphatic rings. The Bertz CT molecular complexity index is 525. The molecular weight excluding hydrogens is 254 g/mol. The number of aromatic nitrogens is 2. The zero-order valence-corrected chi connectivity index (χ0v) is 12.1. The molecule has 0 saturated heterocycles. The molecule has 2 aromatic rings. The molecule has 2 rings (SSSR count). The van der Waals surface area contributed by atoms with Crippen LogP contribution in [-0.4, -0.2) is 23.3 Å². The van der Waals surface area contributed by atoms with Gasteiger partial charge < -0.3 is 15.0 Å². The minimum Gasteiger partial charge on any atom is -0.369 e. The van der Waals surface area contributed by atoms with Gasteiger partial charge in [-0.1, -0.05) is 42.4 Å². The van der Waals surface area contributed by atoms with Crippen LogP contribution in [0.2, 0.25) is 0 Å². The van der Waals surface area contributed by atoms with E-state index in [1.165, 1.54) is 0 Å². The van der Waals surface area contributed by atoms with E-state index in [-0.39, 0.29) is 18.1 Å². The van der Waals surface area contributed by atoms with Crippen LogP contribution in [0.15, 0.2) is 34.9 Å². The van der Waals surface area contributed by atoms with Gasteiger partial charge in [-0.2, -0.15) is 4.98 Å². The summed E-state index contributed by atoms with van der Waals surface area (Å²) in [4.78, 5) is 4.47. The van der Waals surface area contributed by atoms with E-state index in [4.69, 9.17) is 15.0 Å². The van der Waals surface area contributed by atoms with Crippen LogP contribution < -0.4 is 5.73 Å². The molecule has 1 aromatic heterocycles. The van der Waals surface area contributed by atoms with Crippen molar-refractivity contribution < 1.29 is 9.26 Å². The van der Waals surface area contributed by atoms with Gasteiger partial charge in [0.2, 0.25) is 11.7 Å². The van der Waals surface area contributed by atoms with Crippen LogP contribution in [0.25, 0.3) is 0 Å². The average Bonchev–Trinajstić information content (AvgIpc) is 2.90. The molecule has 0 radical (unpaired) electrons. The molecule has 3 unspecified atom stereocenters. The molecule has 0 spiro atoms. The fourth-order valence-electron chi connectivity index (χ4n) is 2.29. The van der Waals surface area contributed by atoms with Crippen molar-refractivity contribution in [2.75, 3.05) is 7.11 Å². The van der Waals surface area contributed by atoms with Crippen LogP contribution in [0.4, 0.5) is 0 Å². The van der Waals surface area contributed by atoms with Gasteiger partial charge in [-0.05, 0) is 18.9 Å². The SMILES string of the molecule is CCC(c1nc(C(OC)c2ccccc2)no1)C(C)N. The molecule has 0 fully saturated rings. The second-order valence-corrected chi connectivity index (χ2v) is 4.89. The molecule has 0 amide bonds. The summed E-state index contributed by atoms with van der Waals surface area (Å²) in [6.45, 7) is 4.01. The molecule has 108 valence electrons. The molecule has 2 N–H and O–H groups in total. The van der Waals surface area contributed by atoms with E-state index in [9.17, 15) is 0 Å². The highest BCUT2D eigenvalue weighted by Gasteiger charge is 2.25. The summed E-state index contributed by atoms with van der Waals surface area (Å²) >= 11 is 0. The Morgan fingerprint density at radius 2 is 2.00 bits per heavy atom. The first kappa shape index (κ1) is 14.7. The smallest absolute Gasteiger partial charge is 0.231 e. The van der Waals surface area contributed by atoms with Crippen molar-refractivity contribution in [3.8, 4) is 0 Å². The van der Waals surface area contributed by atoms with Crippen molar-refractivity contribution in [2.24, 2.45) is 5.73 Å². The summed E-state index contributed by atoms with van der Waals surface area (Å²) in [6, 6.07) is 9.81. The van der Waals surface area contributed by atoms with Crippen molar-refractivity contribution in [1.29, 1.82) is 0 Å². The number of hydrogen-bond acceptors (Lipinski definition) is 5. The molecule has 1 heterocycles. The number of nitrogens with two attached hydrogens (primary N) is 1. The summed E-state index contributed by atoms with van der Waals surface area (Å²) in [5, 5.41) is 4.05. The molecular formula is C15H21N3O2. The van der Waals surface area contributed by atoms with Crippen LogP contribution in [0, 0.1) is 0 Å². The average molecular weight is 275 g/mol. The first-order valence-electron chi connectivity index (χ1n) is 6.84. The third kappa shape index (κ3) is 3.05. The number of nitrogens with zero attached hydrogens (tertiary/aromatic N) is 2. The van der Waals surface area contributed by atoms with E-state index < -0.39 is 0 Å². The summed E-state index contributed by atoms with van der Waals surface area (Å²) < 4.78 is 10.9. The van der Waals surface area contributed by atoms with Crippen molar-refractivity contribution in [1.82, 2.24) is 10.1 Å². The van der Waals surface area contributed by atoms with Crippen LogP contribution >= 0.6 is 0 Å². The maximum Gasteiger partial charge on any atom is 0.231 e. The molecule has 5 heteroatoms. The highest BCUT2D eigenvalue weighted by atomic mass is 16.5. The Labute approximate surface area is 119 Å². The lowest BCUT2D eigenvalue weighted by Gasteiger charge is -2.14. The summed E-state index contributed by atoms with van der Waals surface area (Å²) in [5.74, 6) is 1.19. The summed E-state index contributed by atoms with van der Waals surface area (Å²) in [5.41, 5.74) is 6.95. The Morgan fingerprint density at radius 3 is 2.55 bits per heavy atom. The topological polar surface area (TPSA) is 74.2 Å². The van der Waals surface area contributed by atoms with Gasteiger partial charge in [-0.15, -0.1) is 0 Å². The zero-order chi connectivity index (χ0) is 14.5. The molecule has 3 atom stereocenters.